The molecule has 0 atom stereocenters. The summed E-state index contributed by atoms with van der Waals surface area (Å²) < 4.78 is 10.5. The summed E-state index contributed by atoms with van der Waals surface area (Å²) in [5.74, 6) is 1.23. The molecule has 0 aliphatic heterocycles. The first-order valence-electron chi connectivity index (χ1n) is 8.91. The fourth-order valence-corrected chi connectivity index (χ4v) is 2.53. The van der Waals surface area contributed by atoms with Crippen LogP contribution in [0, 0.1) is 0 Å². The van der Waals surface area contributed by atoms with Crippen molar-refractivity contribution in [3.8, 4) is 11.5 Å². The molecule has 2 rings (SSSR count). The van der Waals surface area contributed by atoms with Gasteiger partial charge in [-0.25, -0.2) is 0 Å². The average molecular weight is 370 g/mol. The maximum absolute atomic E-state index is 11.9. The van der Waals surface area contributed by atoms with Gasteiger partial charge in [-0.05, 0) is 36.2 Å². The van der Waals surface area contributed by atoms with Crippen molar-refractivity contribution < 1.29 is 19.1 Å². The molecule has 0 aliphatic rings. The summed E-state index contributed by atoms with van der Waals surface area (Å²) >= 11 is 0. The predicted octanol–water partition coefficient (Wildman–Crippen LogP) is 2.28. The molecular formula is C21H26N2O4. The van der Waals surface area contributed by atoms with Crippen LogP contribution in [-0.4, -0.2) is 50.1 Å². The molecular weight excluding hydrogens is 344 g/mol. The van der Waals surface area contributed by atoms with E-state index in [-0.39, 0.29) is 18.4 Å². The van der Waals surface area contributed by atoms with Gasteiger partial charge in [0.25, 0.3) is 5.91 Å². The maximum Gasteiger partial charge on any atom is 0.258 e. The summed E-state index contributed by atoms with van der Waals surface area (Å²) in [6, 6.07) is 16.9. The molecule has 2 aromatic rings. The minimum absolute atomic E-state index is 0.0155. The highest BCUT2D eigenvalue weighted by molar-refractivity contribution is 5.77. The van der Waals surface area contributed by atoms with Gasteiger partial charge in [-0.2, -0.15) is 0 Å². The summed E-state index contributed by atoms with van der Waals surface area (Å²) in [5, 5.41) is 2.78. The van der Waals surface area contributed by atoms with Crippen molar-refractivity contribution in [1.82, 2.24) is 10.2 Å². The SMILES string of the molecule is COc1ccc(CCN(CCNC(=O)COc2ccccc2)C(C)=O)cc1. The molecule has 0 saturated heterocycles. The van der Waals surface area contributed by atoms with Gasteiger partial charge >= 0.3 is 0 Å². The van der Waals surface area contributed by atoms with Crippen LogP contribution in [0.3, 0.4) is 0 Å². The first-order chi connectivity index (χ1) is 13.1. The van der Waals surface area contributed by atoms with E-state index in [2.05, 4.69) is 5.32 Å². The van der Waals surface area contributed by atoms with E-state index in [1.54, 1.807) is 24.1 Å². The Morgan fingerprint density at radius 3 is 2.30 bits per heavy atom. The third kappa shape index (κ3) is 7.40. The van der Waals surface area contributed by atoms with Gasteiger partial charge in [-0.1, -0.05) is 30.3 Å². The van der Waals surface area contributed by atoms with Crippen LogP contribution in [0.25, 0.3) is 0 Å². The van der Waals surface area contributed by atoms with Gasteiger partial charge in [0.1, 0.15) is 11.5 Å². The van der Waals surface area contributed by atoms with Crippen LogP contribution >= 0.6 is 0 Å². The second-order valence-electron chi connectivity index (χ2n) is 6.06. The predicted molar refractivity (Wildman–Crippen MR) is 104 cm³/mol. The largest absolute Gasteiger partial charge is 0.497 e. The molecule has 0 heterocycles. The molecule has 6 heteroatoms. The monoisotopic (exact) mass is 370 g/mol. The van der Waals surface area contributed by atoms with E-state index in [1.807, 2.05) is 42.5 Å². The highest BCUT2D eigenvalue weighted by Gasteiger charge is 2.10. The van der Waals surface area contributed by atoms with Crippen LogP contribution in [-0.2, 0) is 16.0 Å². The van der Waals surface area contributed by atoms with Gasteiger partial charge in [0.05, 0.1) is 7.11 Å². The van der Waals surface area contributed by atoms with E-state index < -0.39 is 0 Å². The molecule has 0 bridgehead atoms. The molecule has 2 aromatic carbocycles. The van der Waals surface area contributed by atoms with Crippen LogP contribution in [0.15, 0.2) is 54.6 Å². The molecule has 0 fully saturated rings. The number of hydrogen-bond acceptors (Lipinski definition) is 4. The smallest absolute Gasteiger partial charge is 0.258 e. The molecule has 1 N–H and O–H groups in total. The van der Waals surface area contributed by atoms with Crippen molar-refractivity contribution in [2.75, 3.05) is 33.4 Å². The summed E-state index contributed by atoms with van der Waals surface area (Å²) in [4.78, 5) is 25.4. The quantitative estimate of drug-likeness (QED) is 0.697. The number of rotatable bonds is 10. The molecule has 0 aliphatic carbocycles. The van der Waals surface area contributed by atoms with Crippen LogP contribution in [0.2, 0.25) is 0 Å². The summed E-state index contributed by atoms with van der Waals surface area (Å²) in [6.07, 6.45) is 0.745. The number of nitrogens with zero attached hydrogens (tertiary/aromatic N) is 1. The first-order valence-corrected chi connectivity index (χ1v) is 8.91. The summed E-state index contributed by atoms with van der Waals surface area (Å²) in [6.45, 7) is 2.93. The second kappa shape index (κ2) is 10.9. The number of para-hydroxylation sites is 1. The molecule has 0 spiro atoms. The zero-order chi connectivity index (χ0) is 19.5. The lowest BCUT2D eigenvalue weighted by Gasteiger charge is -2.21. The molecule has 0 unspecified atom stereocenters. The zero-order valence-corrected chi connectivity index (χ0v) is 15.8. The molecule has 0 radical (unpaired) electrons. The van der Waals surface area contributed by atoms with E-state index in [9.17, 15) is 9.59 Å². The Hall–Kier alpha value is -3.02. The average Bonchev–Trinajstić information content (AvgIpc) is 2.70. The Morgan fingerprint density at radius 2 is 1.67 bits per heavy atom. The number of nitrogens with one attached hydrogen (secondary N) is 1. The molecule has 2 amide bonds. The Bertz CT molecular complexity index is 717. The Labute approximate surface area is 160 Å². The highest BCUT2D eigenvalue weighted by atomic mass is 16.5. The fourth-order valence-electron chi connectivity index (χ4n) is 2.53. The standard InChI is InChI=1S/C21H26N2O4/c1-17(24)23(14-12-18-8-10-19(26-2)11-9-18)15-13-22-21(25)16-27-20-6-4-3-5-7-20/h3-11H,12-16H2,1-2H3,(H,22,25). The van der Waals surface area contributed by atoms with Crippen molar-refractivity contribution in [3.05, 3.63) is 60.2 Å². The second-order valence-corrected chi connectivity index (χ2v) is 6.06. The minimum Gasteiger partial charge on any atom is -0.497 e. The number of ether oxygens (including phenoxy) is 2. The Kier molecular flexibility index (Phi) is 8.16. The van der Waals surface area contributed by atoms with E-state index in [0.717, 1.165) is 17.7 Å². The van der Waals surface area contributed by atoms with Crippen LogP contribution in [0.4, 0.5) is 0 Å². The number of carbonyl (C=O) groups excluding carboxylic acids is 2. The summed E-state index contributed by atoms with van der Waals surface area (Å²) in [7, 11) is 1.63. The third-order valence-corrected chi connectivity index (χ3v) is 4.09. The fraction of sp³-hybridized carbons (Fsp3) is 0.333. The van der Waals surface area contributed by atoms with E-state index in [1.165, 1.54) is 6.92 Å². The van der Waals surface area contributed by atoms with Crippen LogP contribution in [0.5, 0.6) is 11.5 Å². The molecule has 144 valence electrons. The van der Waals surface area contributed by atoms with Gasteiger partial charge in [0.2, 0.25) is 5.91 Å². The number of amides is 2. The van der Waals surface area contributed by atoms with Crippen molar-refractivity contribution in [1.29, 1.82) is 0 Å². The van der Waals surface area contributed by atoms with Crippen molar-refractivity contribution >= 4 is 11.8 Å². The summed E-state index contributed by atoms with van der Waals surface area (Å²) in [5.41, 5.74) is 1.13. The highest BCUT2D eigenvalue weighted by Crippen LogP contribution is 2.12. The molecule has 6 nitrogen and oxygen atoms in total. The normalized spacial score (nSPS) is 10.1. The van der Waals surface area contributed by atoms with Crippen molar-refractivity contribution in [3.63, 3.8) is 0 Å². The molecule has 0 aromatic heterocycles. The molecule has 27 heavy (non-hydrogen) atoms. The lowest BCUT2D eigenvalue weighted by Crippen LogP contribution is -2.39. The topological polar surface area (TPSA) is 67.9 Å². The zero-order valence-electron chi connectivity index (χ0n) is 15.8. The first kappa shape index (κ1) is 20.3. The number of benzene rings is 2. The van der Waals surface area contributed by atoms with Gasteiger partial charge < -0.3 is 19.7 Å². The van der Waals surface area contributed by atoms with E-state index >= 15 is 0 Å². The van der Waals surface area contributed by atoms with Gasteiger partial charge in [-0.15, -0.1) is 0 Å². The minimum atomic E-state index is -0.211. The number of carbonyl (C=O) groups is 2. The third-order valence-electron chi connectivity index (χ3n) is 4.09. The Morgan fingerprint density at radius 1 is 0.963 bits per heavy atom. The molecule has 0 saturated carbocycles. The van der Waals surface area contributed by atoms with Crippen LogP contribution < -0.4 is 14.8 Å². The number of methoxy groups -OCH3 is 1. The Balaban J connectivity index is 1.70. The van der Waals surface area contributed by atoms with Gasteiger partial charge in [-0.3, -0.25) is 9.59 Å². The lowest BCUT2D eigenvalue weighted by atomic mass is 10.1. The van der Waals surface area contributed by atoms with E-state index in [4.69, 9.17) is 9.47 Å². The van der Waals surface area contributed by atoms with Crippen LogP contribution in [0.1, 0.15) is 12.5 Å². The number of hydrogen-bond donors (Lipinski definition) is 1. The van der Waals surface area contributed by atoms with Gasteiger partial charge in [0, 0.05) is 26.6 Å². The van der Waals surface area contributed by atoms with Crippen molar-refractivity contribution in [2.45, 2.75) is 13.3 Å². The maximum atomic E-state index is 11.9. The van der Waals surface area contributed by atoms with Gasteiger partial charge in [0.15, 0.2) is 6.61 Å². The van der Waals surface area contributed by atoms with E-state index in [0.29, 0.717) is 25.4 Å². The van der Waals surface area contributed by atoms with Crippen molar-refractivity contribution in [2.24, 2.45) is 0 Å². The lowest BCUT2D eigenvalue weighted by molar-refractivity contribution is -0.129.